The first-order valence-corrected chi connectivity index (χ1v) is 6.71. The summed E-state index contributed by atoms with van der Waals surface area (Å²) in [5.41, 5.74) is 12.0. The molecule has 0 heterocycles. The molecule has 0 aromatic heterocycles. The SMILES string of the molecule is NCNC(=O)Nc1c2c(cc3c1CCC3)CCC2. The van der Waals surface area contributed by atoms with Crippen molar-refractivity contribution in [3.8, 4) is 0 Å². The topological polar surface area (TPSA) is 67.1 Å². The first kappa shape index (κ1) is 11.5. The van der Waals surface area contributed by atoms with E-state index in [1.54, 1.807) is 0 Å². The molecule has 0 fully saturated rings. The number of fused-ring (bicyclic) bond motifs is 2. The smallest absolute Gasteiger partial charge is 0.320 e. The van der Waals surface area contributed by atoms with Crippen molar-refractivity contribution in [2.75, 3.05) is 12.0 Å². The van der Waals surface area contributed by atoms with Crippen molar-refractivity contribution >= 4 is 11.7 Å². The molecule has 96 valence electrons. The van der Waals surface area contributed by atoms with E-state index in [0.717, 1.165) is 31.4 Å². The van der Waals surface area contributed by atoms with Crippen molar-refractivity contribution in [2.45, 2.75) is 38.5 Å². The van der Waals surface area contributed by atoms with Gasteiger partial charge in [-0.25, -0.2) is 4.79 Å². The normalized spacial score (nSPS) is 16.3. The fourth-order valence-corrected chi connectivity index (χ4v) is 3.22. The van der Waals surface area contributed by atoms with Gasteiger partial charge in [0.05, 0.1) is 6.67 Å². The number of urea groups is 1. The largest absolute Gasteiger partial charge is 0.326 e. The highest BCUT2D eigenvalue weighted by Crippen LogP contribution is 2.38. The first-order valence-electron chi connectivity index (χ1n) is 6.71. The minimum Gasteiger partial charge on any atom is -0.326 e. The molecule has 1 aromatic rings. The molecule has 4 nitrogen and oxygen atoms in total. The van der Waals surface area contributed by atoms with Gasteiger partial charge in [-0.3, -0.25) is 0 Å². The highest BCUT2D eigenvalue weighted by atomic mass is 16.2. The van der Waals surface area contributed by atoms with Gasteiger partial charge >= 0.3 is 6.03 Å². The molecule has 0 unspecified atom stereocenters. The average molecular weight is 245 g/mol. The van der Waals surface area contributed by atoms with E-state index >= 15 is 0 Å². The van der Waals surface area contributed by atoms with Crippen LogP contribution in [0.3, 0.4) is 0 Å². The highest BCUT2D eigenvalue weighted by molar-refractivity contribution is 5.92. The average Bonchev–Trinajstić information content (AvgIpc) is 2.96. The summed E-state index contributed by atoms with van der Waals surface area (Å²) in [5.74, 6) is 0. The van der Waals surface area contributed by atoms with Gasteiger partial charge in [0.2, 0.25) is 0 Å². The number of nitrogens with one attached hydrogen (secondary N) is 2. The lowest BCUT2D eigenvalue weighted by Crippen LogP contribution is -2.34. The molecule has 2 aliphatic rings. The summed E-state index contributed by atoms with van der Waals surface area (Å²) < 4.78 is 0. The van der Waals surface area contributed by atoms with Crippen LogP contribution in [-0.2, 0) is 25.7 Å². The van der Waals surface area contributed by atoms with Gasteiger partial charge in [0.15, 0.2) is 0 Å². The third kappa shape index (κ3) is 1.86. The molecule has 2 aliphatic carbocycles. The Kier molecular flexibility index (Phi) is 2.96. The third-order valence-corrected chi connectivity index (χ3v) is 3.97. The van der Waals surface area contributed by atoms with Crippen LogP contribution in [-0.4, -0.2) is 12.7 Å². The van der Waals surface area contributed by atoms with E-state index in [2.05, 4.69) is 16.7 Å². The van der Waals surface area contributed by atoms with Gasteiger partial charge in [0.25, 0.3) is 0 Å². The number of amides is 2. The number of anilines is 1. The lowest BCUT2D eigenvalue weighted by atomic mass is 9.99. The van der Waals surface area contributed by atoms with E-state index < -0.39 is 0 Å². The van der Waals surface area contributed by atoms with Crippen LogP contribution in [0.1, 0.15) is 35.1 Å². The van der Waals surface area contributed by atoms with Crippen LogP contribution in [0.2, 0.25) is 0 Å². The summed E-state index contributed by atoms with van der Waals surface area (Å²) in [6, 6.07) is 2.17. The second-order valence-corrected chi connectivity index (χ2v) is 5.07. The minimum absolute atomic E-state index is 0.170. The summed E-state index contributed by atoms with van der Waals surface area (Å²) in [6.45, 7) is 0.170. The minimum atomic E-state index is -0.188. The van der Waals surface area contributed by atoms with Crippen LogP contribution in [0.5, 0.6) is 0 Å². The van der Waals surface area contributed by atoms with Gasteiger partial charge in [-0.1, -0.05) is 6.07 Å². The zero-order chi connectivity index (χ0) is 12.5. The number of hydrogen-bond donors (Lipinski definition) is 3. The molecule has 0 spiro atoms. The lowest BCUT2D eigenvalue weighted by molar-refractivity contribution is 0.252. The van der Waals surface area contributed by atoms with E-state index in [-0.39, 0.29) is 12.7 Å². The Balaban J connectivity index is 1.99. The molecule has 4 heteroatoms. The number of nitrogens with two attached hydrogens (primary N) is 1. The molecule has 4 N–H and O–H groups in total. The van der Waals surface area contributed by atoms with E-state index in [0.29, 0.717) is 0 Å². The quantitative estimate of drug-likeness (QED) is 0.694. The van der Waals surface area contributed by atoms with Crippen molar-refractivity contribution in [1.82, 2.24) is 5.32 Å². The van der Waals surface area contributed by atoms with Gasteiger partial charge in [-0.2, -0.15) is 0 Å². The van der Waals surface area contributed by atoms with Crippen LogP contribution >= 0.6 is 0 Å². The zero-order valence-electron chi connectivity index (χ0n) is 10.5. The maximum absolute atomic E-state index is 11.7. The summed E-state index contributed by atoms with van der Waals surface area (Å²) in [6.07, 6.45) is 6.87. The zero-order valence-corrected chi connectivity index (χ0v) is 10.5. The van der Waals surface area contributed by atoms with Crippen molar-refractivity contribution in [2.24, 2.45) is 5.73 Å². The predicted molar refractivity (Wildman–Crippen MR) is 71.7 cm³/mol. The molecular formula is C14H19N3O. The molecule has 1 aromatic carbocycles. The molecule has 0 saturated heterocycles. The summed E-state index contributed by atoms with van der Waals surface area (Å²) in [7, 11) is 0. The fourth-order valence-electron chi connectivity index (χ4n) is 3.22. The number of hydrogen-bond acceptors (Lipinski definition) is 2. The highest BCUT2D eigenvalue weighted by Gasteiger charge is 2.24. The number of benzene rings is 1. The van der Waals surface area contributed by atoms with E-state index in [9.17, 15) is 4.79 Å². The summed E-state index contributed by atoms with van der Waals surface area (Å²) in [4.78, 5) is 11.7. The van der Waals surface area contributed by atoms with Crippen molar-refractivity contribution in [3.63, 3.8) is 0 Å². The standard InChI is InChI=1S/C14H19N3O/c15-8-16-14(18)17-13-11-5-1-3-9(11)7-10-4-2-6-12(10)13/h7H,1-6,8,15H2,(H2,16,17,18). The van der Waals surface area contributed by atoms with E-state index in [4.69, 9.17) is 5.73 Å². The fraction of sp³-hybridized carbons (Fsp3) is 0.500. The van der Waals surface area contributed by atoms with Crippen LogP contribution in [0.25, 0.3) is 0 Å². The van der Waals surface area contributed by atoms with Crippen molar-refractivity contribution < 1.29 is 4.79 Å². The molecule has 18 heavy (non-hydrogen) atoms. The summed E-state index contributed by atoms with van der Waals surface area (Å²) in [5, 5.41) is 5.62. The number of rotatable bonds is 2. The van der Waals surface area contributed by atoms with Crippen LogP contribution in [0.15, 0.2) is 6.07 Å². The van der Waals surface area contributed by atoms with Crippen molar-refractivity contribution in [3.05, 3.63) is 28.3 Å². The van der Waals surface area contributed by atoms with Crippen LogP contribution < -0.4 is 16.4 Å². The maximum Gasteiger partial charge on any atom is 0.320 e. The molecule has 0 saturated carbocycles. The Labute approximate surface area is 107 Å². The Hall–Kier alpha value is -1.55. The molecule has 0 aliphatic heterocycles. The summed E-state index contributed by atoms with van der Waals surface area (Å²) >= 11 is 0. The number of carbonyl (C=O) groups excluding carboxylic acids is 1. The van der Waals surface area contributed by atoms with Gasteiger partial charge in [0, 0.05) is 5.69 Å². The third-order valence-electron chi connectivity index (χ3n) is 3.97. The molecule has 0 bridgehead atoms. The lowest BCUT2D eigenvalue weighted by Gasteiger charge is -2.16. The molecule has 2 amide bonds. The number of carbonyl (C=O) groups is 1. The Morgan fingerprint density at radius 3 is 2.28 bits per heavy atom. The maximum atomic E-state index is 11.7. The molecular weight excluding hydrogens is 226 g/mol. The van der Waals surface area contributed by atoms with Gasteiger partial charge < -0.3 is 16.4 Å². The first-order chi connectivity index (χ1) is 8.79. The Bertz CT molecular complexity index is 464. The number of aryl methyl sites for hydroxylation is 2. The van der Waals surface area contributed by atoms with E-state index in [1.807, 2.05) is 0 Å². The van der Waals surface area contributed by atoms with Gasteiger partial charge in [0.1, 0.15) is 0 Å². The molecule has 0 atom stereocenters. The second-order valence-electron chi connectivity index (χ2n) is 5.07. The monoisotopic (exact) mass is 245 g/mol. The predicted octanol–water partition coefficient (Wildman–Crippen LogP) is 1.70. The van der Waals surface area contributed by atoms with Crippen molar-refractivity contribution in [1.29, 1.82) is 0 Å². The Morgan fingerprint density at radius 2 is 1.72 bits per heavy atom. The van der Waals surface area contributed by atoms with Gasteiger partial charge in [-0.15, -0.1) is 0 Å². The second kappa shape index (κ2) is 4.61. The Morgan fingerprint density at radius 1 is 1.11 bits per heavy atom. The molecule has 3 rings (SSSR count). The molecule has 0 radical (unpaired) electrons. The van der Waals surface area contributed by atoms with Crippen LogP contribution in [0.4, 0.5) is 10.5 Å². The van der Waals surface area contributed by atoms with Gasteiger partial charge in [-0.05, 0) is 60.8 Å². The van der Waals surface area contributed by atoms with E-state index in [1.165, 1.54) is 35.1 Å². The van der Waals surface area contributed by atoms with Crippen LogP contribution in [0, 0.1) is 0 Å².